The molecule has 0 radical (unpaired) electrons. The van der Waals surface area contributed by atoms with Crippen LogP contribution in [0.4, 0.5) is 10.1 Å². The molecule has 1 aromatic rings. The summed E-state index contributed by atoms with van der Waals surface area (Å²) in [6.45, 7) is 7.07. The van der Waals surface area contributed by atoms with Crippen LogP contribution < -0.4 is 11.1 Å². The Morgan fingerprint density at radius 1 is 1.38 bits per heavy atom. The van der Waals surface area contributed by atoms with Crippen molar-refractivity contribution >= 4 is 23.2 Å². The Labute approximate surface area is 131 Å². The van der Waals surface area contributed by atoms with Gasteiger partial charge in [-0.15, -0.1) is 0 Å². The van der Waals surface area contributed by atoms with E-state index < -0.39 is 5.82 Å². The summed E-state index contributed by atoms with van der Waals surface area (Å²) in [4.78, 5) is 11.9. The van der Waals surface area contributed by atoms with E-state index in [0.29, 0.717) is 24.6 Å². The highest BCUT2D eigenvalue weighted by Gasteiger charge is 2.24. The van der Waals surface area contributed by atoms with Gasteiger partial charge >= 0.3 is 0 Å². The Morgan fingerprint density at radius 2 is 2.05 bits per heavy atom. The summed E-state index contributed by atoms with van der Waals surface area (Å²) in [5.41, 5.74) is 6.17. The zero-order chi connectivity index (χ0) is 16.0. The third kappa shape index (κ3) is 6.02. The van der Waals surface area contributed by atoms with E-state index in [2.05, 4.69) is 26.1 Å². The quantitative estimate of drug-likeness (QED) is 0.826. The SMILES string of the molecule is CC(C)(C)C(CCN)CCC(=O)Nc1ccc(Cl)c(F)c1. The van der Waals surface area contributed by atoms with Crippen molar-refractivity contribution in [2.24, 2.45) is 17.1 Å². The van der Waals surface area contributed by atoms with Gasteiger partial charge in [0.1, 0.15) is 5.82 Å². The molecule has 0 saturated carbocycles. The lowest BCUT2D eigenvalue weighted by molar-refractivity contribution is -0.116. The van der Waals surface area contributed by atoms with Crippen LogP contribution >= 0.6 is 11.6 Å². The summed E-state index contributed by atoms with van der Waals surface area (Å²) in [5, 5.41) is 2.74. The molecule has 0 fully saturated rings. The van der Waals surface area contributed by atoms with Crippen molar-refractivity contribution in [2.75, 3.05) is 11.9 Å². The second-order valence-corrected chi connectivity index (χ2v) is 6.76. The van der Waals surface area contributed by atoms with E-state index in [9.17, 15) is 9.18 Å². The van der Waals surface area contributed by atoms with E-state index in [1.807, 2.05) is 0 Å². The zero-order valence-electron chi connectivity index (χ0n) is 12.9. The molecule has 0 aliphatic rings. The minimum atomic E-state index is -0.537. The largest absolute Gasteiger partial charge is 0.330 e. The van der Waals surface area contributed by atoms with Gasteiger partial charge in [0.2, 0.25) is 5.91 Å². The number of nitrogens with one attached hydrogen (secondary N) is 1. The van der Waals surface area contributed by atoms with Crippen LogP contribution in [0.2, 0.25) is 5.02 Å². The van der Waals surface area contributed by atoms with Crippen molar-refractivity contribution in [3.05, 3.63) is 29.0 Å². The maximum atomic E-state index is 13.3. The Kier molecular flexibility index (Phi) is 6.62. The molecule has 118 valence electrons. The van der Waals surface area contributed by atoms with E-state index in [1.165, 1.54) is 12.1 Å². The van der Waals surface area contributed by atoms with Crippen molar-refractivity contribution < 1.29 is 9.18 Å². The lowest BCUT2D eigenvalue weighted by Gasteiger charge is -2.30. The fourth-order valence-corrected chi connectivity index (χ4v) is 2.43. The summed E-state index contributed by atoms with van der Waals surface area (Å²) >= 11 is 5.61. The third-order valence-electron chi connectivity index (χ3n) is 3.66. The smallest absolute Gasteiger partial charge is 0.224 e. The first-order valence-electron chi connectivity index (χ1n) is 7.19. The number of hydrogen-bond donors (Lipinski definition) is 2. The minimum Gasteiger partial charge on any atom is -0.330 e. The monoisotopic (exact) mass is 314 g/mol. The van der Waals surface area contributed by atoms with Crippen LogP contribution in [0.3, 0.4) is 0 Å². The van der Waals surface area contributed by atoms with Crippen LogP contribution in [0.15, 0.2) is 18.2 Å². The number of anilines is 1. The van der Waals surface area contributed by atoms with Gasteiger partial charge in [-0.05, 0) is 48.9 Å². The molecule has 21 heavy (non-hydrogen) atoms. The van der Waals surface area contributed by atoms with Crippen molar-refractivity contribution in [2.45, 2.75) is 40.0 Å². The molecule has 0 saturated heterocycles. The number of amides is 1. The summed E-state index contributed by atoms with van der Waals surface area (Å²) < 4.78 is 13.3. The van der Waals surface area contributed by atoms with Crippen LogP contribution in [0, 0.1) is 17.2 Å². The molecule has 3 N–H and O–H groups in total. The molecule has 1 atom stereocenters. The summed E-state index contributed by atoms with van der Waals surface area (Å²) in [6, 6.07) is 4.24. The molecule has 0 spiro atoms. The second-order valence-electron chi connectivity index (χ2n) is 6.36. The molecular formula is C16H24ClFN2O. The molecule has 1 rings (SSSR count). The Hall–Kier alpha value is -1.13. The van der Waals surface area contributed by atoms with Crippen LogP contribution in [0.25, 0.3) is 0 Å². The third-order valence-corrected chi connectivity index (χ3v) is 3.97. The molecule has 1 amide bonds. The lowest BCUT2D eigenvalue weighted by atomic mass is 9.76. The number of hydrogen-bond acceptors (Lipinski definition) is 2. The zero-order valence-corrected chi connectivity index (χ0v) is 13.6. The maximum absolute atomic E-state index is 13.3. The molecule has 3 nitrogen and oxygen atoms in total. The minimum absolute atomic E-state index is 0.0451. The Morgan fingerprint density at radius 3 is 2.57 bits per heavy atom. The van der Waals surface area contributed by atoms with Gasteiger partial charge in [-0.3, -0.25) is 4.79 Å². The van der Waals surface area contributed by atoms with Gasteiger partial charge in [0.15, 0.2) is 0 Å². The first-order valence-corrected chi connectivity index (χ1v) is 7.57. The molecule has 5 heteroatoms. The van der Waals surface area contributed by atoms with Gasteiger partial charge < -0.3 is 11.1 Å². The number of nitrogens with two attached hydrogens (primary N) is 1. The predicted octanol–water partition coefficient (Wildman–Crippen LogP) is 4.21. The normalized spacial score (nSPS) is 13.0. The van der Waals surface area contributed by atoms with Crippen molar-refractivity contribution in [1.29, 1.82) is 0 Å². The van der Waals surface area contributed by atoms with Gasteiger partial charge in [0.05, 0.1) is 5.02 Å². The van der Waals surface area contributed by atoms with Gasteiger partial charge in [0.25, 0.3) is 0 Å². The topological polar surface area (TPSA) is 55.1 Å². The van der Waals surface area contributed by atoms with Crippen molar-refractivity contribution in [1.82, 2.24) is 0 Å². The fraction of sp³-hybridized carbons (Fsp3) is 0.562. The molecule has 0 aliphatic carbocycles. The predicted molar refractivity (Wildman–Crippen MR) is 85.9 cm³/mol. The fourth-order valence-electron chi connectivity index (χ4n) is 2.31. The Balaban J connectivity index is 2.54. The second kappa shape index (κ2) is 7.76. The highest BCUT2D eigenvalue weighted by molar-refractivity contribution is 6.30. The highest BCUT2D eigenvalue weighted by Crippen LogP contribution is 2.32. The number of halogens is 2. The summed E-state index contributed by atoms with van der Waals surface area (Å²) in [6.07, 6.45) is 2.06. The van der Waals surface area contributed by atoms with E-state index >= 15 is 0 Å². The average molecular weight is 315 g/mol. The van der Waals surface area contributed by atoms with Gasteiger partial charge in [-0.2, -0.15) is 0 Å². The van der Waals surface area contributed by atoms with Gasteiger partial charge in [-0.25, -0.2) is 4.39 Å². The van der Waals surface area contributed by atoms with E-state index in [0.717, 1.165) is 12.8 Å². The standard InChI is InChI=1S/C16H24ClFN2O/c1-16(2,3)11(8-9-19)4-7-15(21)20-12-5-6-13(17)14(18)10-12/h5-6,10-11H,4,7-9,19H2,1-3H3,(H,20,21). The molecular weight excluding hydrogens is 291 g/mol. The first kappa shape index (κ1) is 17.9. The molecule has 0 bridgehead atoms. The molecule has 0 aliphatic heterocycles. The number of carbonyl (C=O) groups excluding carboxylic acids is 1. The van der Waals surface area contributed by atoms with E-state index in [4.69, 9.17) is 17.3 Å². The van der Waals surface area contributed by atoms with Crippen LogP contribution in [0.5, 0.6) is 0 Å². The number of carbonyl (C=O) groups is 1. The van der Waals surface area contributed by atoms with E-state index in [-0.39, 0.29) is 16.3 Å². The molecule has 0 aromatic heterocycles. The van der Waals surface area contributed by atoms with Crippen molar-refractivity contribution in [3.8, 4) is 0 Å². The van der Waals surface area contributed by atoms with Crippen LogP contribution in [-0.4, -0.2) is 12.5 Å². The Bertz CT molecular complexity index is 486. The molecule has 0 heterocycles. The lowest BCUT2D eigenvalue weighted by Crippen LogP contribution is -2.25. The molecule has 1 aromatic carbocycles. The van der Waals surface area contributed by atoms with Gasteiger partial charge in [0, 0.05) is 12.1 Å². The molecule has 1 unspecified atom stereocenters. The number of benzene rings is 1. The van der Waals surface area contributed by atoms with Crippen LogP contribution in [0.1, 0.15) is 40.0 Å². The number of rotatable bonds is 6. The maximum Gasteiger partial charge on any atom is 0.224 e. The first-order chi connectivity index (χ1) is 9.74. The van der Waals surface area contributed by atoms with Crippen LogP contribution in [-0.2, 0) is 4.79 Å². The van der Waals surface area contributed by atoms with Gasteiger partial charge in [-0.1, -0.05) is 32.4 Å². The highest BCUT2D eigenvalue weighted by atomic mass is 35.5. The summed E-state index contributed by atoms with van der Waals surface area (Å²) in [5.74, 6) is -0.275. The average Bonchev–Trinajstić information content (AvgIpc) is 2.37. The summed E-state index contributed by atoms with van der Waals surface area (Å²) in [7, 11) is 0. The van der Waals surface area contributed by atoms with E-state index in [1.54, 1.807) is 6.07 Å². The van der Waals surface area contributed by atoms with Crippen molar-refractivity contribution in [3.63, 3.8) is 0 Å².